The molecule has 0 aliphatic carbocycles. The van der Waals surface area contributed by atoms with Gasteiger partial charge in [-0.15, -0.1) is 0 Å². The second-order valence-corrected chi connectivity index (χ2v) is 7.53. The molecular weight excluding hydrogens is 406 g/mol. The van der Waals surface area contributed by atoms with Crippen molar-refractivity contribution in [3.63, 3.8) is 0 Å². The van der Waals surface area contributed by atoms with Crippen LogP contribution in [0.5, 0.6) is 5.75 Å². The van der Waals surface area contributed by atoms with Gasteiger partial charge in [-0.1, -0.05) is 17.7 Å². The van der Waals surface area contributed by atoms with Gasteiger partial charge in [-0.2, -0.15) is 10.5 Å². The monoisotopic (exact) mass is 423 g/mol. The Morgan fingerprint density at radius 2 is 1.70 bits per heavy atom. The summed E-state index contributed by atoms with van der Waals surface area (Å²) in [6.07, 6.45) is 1.32. The van der Waals surface area contributed by atoms with Gasteiger partial charge in [0.1, 0.15) is 17.9 Å². The minimum atomic E-state index is -4.15. The van der Waals surface area contributed by atoms with E-state index >= 15 is 0 Å². The maximum atomic E-state index is 12.3. The summed E-state index contributed by atoms with van der Waals surface area (Å²) in [5.41, 5.74) is 0.573. The number of rotatable bonds is 6. The van der Waals surface area contributed by atoms with Gasteiger partial charge in [-0.25, -0.2) is 22.9 Å². The zero-order chi connectivity index (χ0) is 22.1. The number of sulfonamides is 1. The Bertz CT molecular complexity index is 1170. The van der Waals surface area contributed by atoms with Crippen LogP contribution in [-0.4, -0.2) is 27.8 Å². The van der Waals surface area contributed by atoms with Crippen LogP contribution in [0.4, 0.5) is 4.79 Å². The summed E-state index contributed by atoms with van der Waals surface area (Å²) in [6, 6.07) is 14.7. The van der Waals surface area contributed by atoms with E-state index in [2.05, 4.69) is 4.99 Å². The van der Waals surface area contributed by atoms with Crippen molar-refractivity contribution in [1.82, 2.24) is 10.0 Å². The summed E-state index contributed by atoms with van der Waals surface area (Å²) >= 11 is 0. The summed E-state index contributed by atoms with van der Waals surface area (Å²) in [7, 11) is -2.63. The zero-order valence-electron chi connectivity index (χ0n) is 16.1. The molecule has 0 bridgehead atoms. The minimum absolute atomic E-state index is 0.122. The molecule has 2 N–H and O–H groups in total. The number of aliphatic imine (C=N–C) groups is 1. The Morgan fingerprint density at radius 3 is 2.23 bits per heavy atom. The quantitative estimate of drug-likeness (QED) is 0.539. The van der Waals surface area contributed by atoms with Crippen LogP contribution < -0.4 is 14.8 Å². The smallest absolute Gasteiger partial charge is 0.333 e. The molecule has 0 heterocycles. The number of aryl methyl sites for hydroxylation is 1. The number of methoxy groups -OCH3 is 1. The highest BCUT2D eigenvalue weighted by molar-refractivity contribution is 7.90. The van der Waals surface area contributed by atoms with Gasteiger partial charge in [0.2, 0.25) is 0 Å². The molecule has 2 rings (SSSR count). The molecule has 0 aliphatic heterocycles. The van der Waals surface area contributed by atoms with Crippen LogP contribution in [0.15, 0.2) is 69.8 Å². The molecule has 10 heteroatoms. The molecule has 152 valence electrons. The first-order chi connectivity index (χ1) is 14.3. The van der Waals surface area contributed by atoms with Crippen molar-refractivity contribution in [3.05, 3.63) is 71.1 Å². The van der Waals surface area contributed by atoms with Crippen LogP contribution in [0.1, 0.15) is 11.1 Å². The molecular formula is C20H17N5O4S. The SMILES string of the molecule is COc1ccc(C=N/C(C#N)=C(/C#N)NC(=O)NS(=O)(=O)c2ccc(C)cc2)cc1. The lowest BCUT2D eigenvalue weighted by Gasteiger charge is -2.08. The van der Waals surface area contributed by atoms with Gasteiger partial charge in [0, 0.05) is 6.21 Å². The van der Waals surface area contributed by atoms with E-state index in [1.807, 2.05) is 5.32 Å². The fourth-order valence-electron chi connectivity index (χ4n) is 2.16. The van der Waals surface area contributed by atoms with Crippen molar-refractivity contribution >= 4 is 22.3 Å². The molecule has 0 fully saturated rings. The van der Waals surface area contributed by atoms with Crippen molar-refractivity contribution in [2.45, 2.75) is 11.8 Å². The first-order valence-electron chi connectivity index (χ1n) is 8.42. The number of urea groups is 1. The van der Waals surface area contributed by atoms with Crippen molar-refractivity contribution in [1.29, 1.82) is 10.5 Å². The number of nitrogens with one attached hydrogen (secondary N) is 2. The Kier molecular flexibility index (Phi) is 7.28. The first kappa shape index (κ1) is 22.1. The molecule has 0 unspecified atom stereocenters. The Morgan fingerprint density at radius 1 is 1.07 bits per heavy atom. The molecule has 30 heavy (non-hydrogen) atoms. The third kappa shape index (κ3) is 5.92. The molecule has 0 aliphatic rings. The minimum Gasteiger partial charge on any atom is -0.497 e. The van der Waals surface area contributed by atoms with E-state index in [1.165, 1.54) is 25.5 Å². The highest BCUT2D eigenvalue weighted by Gasteiger charge is 2.19. The average Bonchev–Trinajstić information content (AvgIpc) is 2.73. The van der Waals surface area contributed by atoms with Crippen LogP contribution in [0.25, 0.3) is 0 Å². The van der Waals surface area contributed by atoms with E-state index in [0.29, 0.717) is 11.3 Å². The lowest BCUT2D eigenvalue weighted by atomic mass is 10.2. The van der Waals surface area contributed by atoms with E-state index < -0.39 is 27.4 Å². The number of carbonyl (C=O) groups is 1. The molecule has 0 saturated carbocycles. The number of benzene rings is 2. The third-order valence-corrected chi connectivity index (χ3v) is 5.06. The number of ether oxygens (including phenoxy) is 1. The summed E-state index contributed by atoms with van der Waals surface area (Å²) < 4.78 is 31.3. The largest absolute Gasteiger partial charge is 0.497 e. The number of amides is 2. The molecule has 0 atom stereocenters. The maximum absolute atomic E-state index is 12.3. The second-order valence-electron chi connectivity index (χ2n) is 5.85. The van der Waals surface area contributed by atoms with Gasteiger partial charge in [-0.05, 0) is 48.9 Å². The molecule has 0 aromatic heterocycles. The summed E-state index contributed by atoms with van der Waals surface area (Å²) in [4.78, 5) is 15.8. The fourth-order valence-corrected chi connectivity index (χ4v) is 3.06. The van der Waals surface area contributed by atoms with Crippen molar-refractivity contribution < 1.29 is 17.9 Å². The van der Waals surface area contributed by atoms with Crippen LogP contribution in [-0.2, 0) is 10.0 Å². The van der Waals surface area contributed by atoms with Crippen LogP contribution in [0.3, 0.4) is 0 Å². The van der Waals surface area contributed by atoms with Crippen LogP contribution in [0.2, 0.25) is 0 Å². The standard InChI is InChI=1S/C20H17N5O4S/c1-14-3-9-17(10-4-14)30(27,28)25-20(26)24-19(12-22)18(11-21)23-13-15-5-7-16(29-2)8-6-15/h3-10,13H,1-2H3,(H2,24,25,26)/b19-18-,23-13?. The van der Waals surface area contributed by atoms with Gasteiger partial charge in [0.15, 0.2) is 11.4 Å². The van der Waals surface area contributed by atoms with Gasteiger partial charge < -0.3 is 4.74 Å². The van der Waals surface area contributed by atoms with Crippen LogP contribution in [0, 0.1) is 29.6 Å². The lowest BCUT2D eigenvalue weighted by Crippen LogP contribution is -2.39. The number of nitriles is 2. The molecule has 2 aromatic rings. The number of hydrogen-bond donors (Lipinski definition) is 2. The van der Waals surface area contributed by atoms with Gasteiger partial charge in [0.25, 0.3) is 10.0 Å². The van der Waals surface area contributed by atoms with E-state index in [9.17, 15) is 23.7 Å². The Balaban J connectivity index is 2.17. The zero-order valence-corrected chi connectivity index (χ0v) is 16.9. The topological polar surface area (TPSA) is 144 Å². The Hall–Kier alpha value is -4.15. The van der Waals surface area contributed by atoms with E-state index in [4.69, 9.17) is 4.74 Å². The van der Waals surface area contributed by atoms with Crippen LogP contribution >= 0.6 is 0 Å². The number of allylic oxidation sites excluding steroid dienone is 2. The molecule has 0 saturated heterocycles. The number of carbonyl (C=O) groups excluding carboxylic acids is 1. The van der Waals surface area contributed by atoms with Crippen molar-refractivity contribution in [2.75, 3.05) is 7.11 Å². The van der Waals surface area contributed by atoms with Gasteiger partial charge in [0.05, 0.1) is 12.0 Å². The van der Waals surface area contributed by atoms with Crippen molar-refractivity contribution in [2.24, 2.45) is 4.99 Å². The maximum Gasteiger partial charge on any atom is 0.333 e. The summed E-state index contributed by atoms with van der Waals surface area (Å²) in [5.74, 6) is 0.633. The fraction of sp³-hybridized carbons (Fsp3) is 0.100. The first-order valence-corrected chi connectivity index (χ1v) is 9.90. The highest BCUT2D eigenvalue weighted by Crippen LogP contribution is 2.12. The number of hydrogen-bond acceptors (Lipinski definition) is 7. The van der Waals surface area contributed by atoms with E-state index in [0.717, 1.165) is 5.56 Å². The predicted molar refractivity (Wildman–Crippen MR) is 109 cm³/mol. The predicted octanol–water partition coefficient (Wildman–Crippen LogP) is 2.37. The lowest BCUT2D eigenvalue weighted by molar-refractivity contribution is 0.248. The van der Waals surface area contributed by atoms with Gasteiger partial charge >= 0.3 is 6.03 Å². The number of nitrogens with zero attached hydrogens (tertiary/aromatic N) is 3. The molecule has 0 radical (unpaired) electrons. The van der Waals surface area contributed by atoms with E-state index in [1.54, 1.807) is 60.2 Å². The summed E-state index contributed by atoms with van der Waals surface area (Å²) in [6.45, 7) is 1.79. The highest BCUT2D eigenvalue weighted by atomic mass is 32.2. The normalized spacial score (nSPS) is 11.7. The Labute approximate surface area is 174 Å². The molecule has 2 aromatic carbocycles. The third-order valence-electron chi connectivity index (χ3n) is 3.71. The van der Waals surface area contributed by atoms with E-state index in [-0.39, 0.29) is 4.90 Å². The molecule has 2 amide bonds. The van der Waals surface area contributed by atoms with Gasteiger partial charge in [-0.3, -0.25) is 5.32 Å². The molecule has 9 nitrogen and oxygen atoms in total. The summed E-state index contributed by atoms with van der Waals surface area (Å²) in [5, 5.41) is 20.5. The second kappa shape index (κ2) is 9.87. The van der Waals surface area contributed by atoms with Crippen molar-refractivity contribution in [3.8, 4) is 17.9 Å². The molecule has 0 spiro atoms. The average molecular weight is 423 g/mol.